The molecule has 1 aliphatic carbocycles. The van der Waals surface area contributed by atoms with Gasteiger partial charge in [-0.05, 0) is 54.0 Å². The number of carbonyl (C=O) groups excluding carboxylic acids is 3. The molecule has 8 heteroatoms. The number of Topliss-reactive ketones (excluding diaryl/α,β-unsaturated/α-hetero) is 1. The van der Waals surface area contributed by atoms with E-state index in [0.717, 1.165) is 27.8 Å². The first kappa shape index (κ1) is 27.6. The van der Waals surface area contributed by atoms with Crippen molar-refractivity contribution in [3.05, 3.63) is 95.1 Å². The summed E-state index contributed by atoms with van der Waals surface area (Å²) in [5, 5.41) is 14.8. The zero-order valence-electron chi connectivity index (χ0n) is 21.8. The zero-order valence-corrected chi connectivity index (χ0v) is 21.8. The van der Waals surface area contributed by atoms with Gasteiger partial charge >= 0.3 is 12.1 Å². The maximum atomic E-state index is 12.5. The second-order valence-electron chi connectivity index (χ2n) is 9.64. The van der Waals surface area contributed by atoms with Gasteiger partial charge < -0.3 is 20.5 Å². The highest BCUT2D eigenvalue weighted by Crippen LogP contribution is 2.44. The van der Waals surface area contributed by atoms with Gasteiger partial charge in [0.2, 0.25) is 5.91 Å². The van der Waals surface area contributed by atoms with Gasteiger partial charge in [-0.2, -0.15) is 0 Å². The summed E-state index contributed by atoms with van der Waals surface area (Å²) in [5.41, 5.74) is 5.79. The smallest absolute Gasteiger partial charge is 0.407 e. The molecule has 3 N–H and O–H groups in total. The number of alkyl carbamates (subject to hydrolysis) is 1. The van der Waals surface area contributed by atoms with Gasteiger partial charge in [-0.25, -0.2) is 9.59 Å². The van der Waals surface area contributed by atoms with Gasteiger partial charge in [-0.1, -0.05) is 72.8 Å². The molecule has 202 valence electrons. The van der Waals surface area contributed by atoms with Crippen molar-refractivity contribution in [1.29, 1.82) is 0 Å². The Labute approximate surface area is 227 Å². The molecule has 39 heavy (non-hydrogen) atoms. The molecule has 0 heterocycles. The summed E-state index contributed by atoms with van der Waals surface area (Å²) in [6, 6.07) is 21.8. The molecule has 0 spiro atoms. The van der Waals surface area contributed by atoms with E-state index < -0.39 is 18.1 Å². The number of unbranched alkanes of at least 4 members (excludes halogenated alkanes) is 1. The van der Waals surface area contributed by atoms with E-state index in [1.165, 1.54) is 6.92 Å². The van der Waals surface area contributed by atoms with Gasteiger partial charge in [0, 0.05) is 18.0 Å². The highest BCUT2D eigenvalue weighted by atomic mass is 16.5. The van der Waals surface area contributed by atoms with Crippen molar-refractivity contribution >= 4 is 23.8 Å². The lowest BCUT2D eigenvalue weighted by atomic mass is 9.98. The Morgan fingerprint density at radius 2 is 1.49 bits per heavy atom. The number of hydrogen-bond acceptors (Lipinski definition) is 5. The maximum Gasteiger partial charge on any atom is 0.407 e. The SMILES string of the molecule is CC(=O)c1ccc(CC(=O)NCCCC[C@H](NC(=O)OCC2c3ccccc3-c3ccccc32)C(=O)O)cc1. The molecule has 0 radical (unpaired) electrons. The van der Waals surface area contributed by atoms with E-state index in [-0.39, 0.29) is 37.1 Å². The molecule has 8 nitrogen and oxygen atoms in total. The number of rotatable bonds is 12. The second-order valence-corrected chi connectivity index (χ2v) is 9.64. The predicted molar refractivity (Wildman–Crippen MR) is 147 cm³/mol. The molecule has 0 unspecified atom stereocenters. The van der Waals surface area contributed by atoms with Crippen LogP contribution in [0.3, 0.4) is 0 Å². The standard InChI is InChI=1S/C31H32N2O6/c1-20(34)22-15-13-21(14-16-22)18-29(35)32-17-7-6-12-28(30(36)37)33-31(38)39-19-27-25-10-4-2-8-23(25)24-9-3-5-11-26(24)27/h2-5,8-11,13-16,27-28H,6-7,12,17-19H2,1H3,(H,32,35)(H,33,38)(H,36,37)/t28-/m0/s1. The first-order chi connectivity index (χ1) is 18.8. The van der Waals surface area contributed by atoms with E-state index >= 15 is 0 Å². The predicted octanol–water partition coefficient (Wildman–Crippen LogP) is 4.71. The Bertz CT molecular complexity index is 1310. The van der Waals surface area contributed by atoms with Gasteiger partial charge in [0.05, 0.1) is 6.42 Å². The molecule has 2 amide bonds. The molecular formula is C31H32N2O6. The number of fused-ring (bicyclic) bond motifs is 3. The molecule has 1 atom stereocenters. The number of carboxylic acid groups (broad SMARTS) is 1. The van der Waals surface area contributed by atoms with E-state index in [1.807, 2.05) is 48.5 Å². The fourth-order valence-electron chi connectivity index (χ4n) is 4.85. The van der Waals surface area contributed by atoms with Crippen LogP contribution in [0.5, 0.6) is 0 Å². The van der Waals surface area contributed by atoms with Gasteiger partial charge in [0.1, 0.15) is 12.6 Å². The lowest BCUT2D eigenvalue weighted by molar-refractivity contribution is -0.139. The van der Waals surface area contributed by atoms with Crippen molar-refractivity contribution in [3.63, 3.8) is 0 Å². The van der Waals surface area contributed by atoms with E-state index in [9.17, 15) is 24.3 Å². The van der Waals surface area contributed by atoms with Crippen LogP contribution in [0.1, 0.15) is 59.2 Å². The first-order valence-electron chi connectivity index (χ1n) is 13.0. The van der Waals surface area contributed by atoms with Crippen LogP contribution in [0.2, 0.25) is 0 Å². The number of ketones is 1. The molecule has 3 aromatic rings. The number of ether oxygens (including phenoxy) is 1. The van der Waals surface area contributed by atoms with Crippen LogP contribution in [0.25, 0.3) is 11.1 Å². The molecule has 0 aliphatic heterocycles. The van der Waals surface area contributed by atoms with Crippen molar-refractivity contribution < 1.29 is 29.0 Å². The number of aliphatic carboxylic acids is 1. The first-order valence-corrected chi connectivity index (χ1v) is 13.0. The van der Waals surface area contributed by atoms with Crippen molar-refractivity contribution in [2.24, 2.45) is 0 Å². The third kappa shape index (κ3) is 7.10. The van der Waals surface area contributed by atoms with Crippen LogP contribution in [-0.4, -0.2) is 48.1 Å². The molecule has 0 bridgehead atoms. The number of carbonyl (C=O) groups is 4. The van der Waals surface area contributed by atoms with Gasteiger partial charge in [0.25, 0.3) is 0 Å². The molecule has 0 saturated carbocycles. The van der Waals surface area contributed by atoms with Crippen molar-refractivity contribution in [3.8, 4) is 11.1 Å². The third-order valence-electron chi connectivity index (χ3n) is 6.90. The minimum atomic E-state index is -1.14. The Morgan fingerprint density at radius 3 is 2.08 bits per heavy atom. The lowest BCUT2D eigenvalue weighted by Gasteiger charge is -2.17. The highest BCUT2D eigenvalue weighted by molar-refractivity contribution is 5.94. The minimum Gasteiger partial charge on any atom is -0.480 e. The van der Waals surface area contributed by atoms with Gasteiger partial charge in [0.15, 0.2) is 5.78 Å². The molecule has 0 saturated heterocycles. The van der Waals surface area contributed by atoms with Crippen LogP contribution in [0.15, 0.2) is 72.8 Å². The Balaban J connectivity index is 1.19. The summed E-state index contributed by atoms with van der Waals surface area (Å²) < 4.78 is 5.47. The highest BCUT2D eigenvalue weighted by Gasteiger charge is 2.29. The summed E-state index contributed by atoms with van der Waals surface area (Å²) >= 11 is 0. The molecular weight excluding hydrogens is 496 g/mol. The van der Waals surface area contributed by atoms with Crippen LogP contribution in [0, 0.1) is 0 Å². The fourth-order valence-corrected chi connectivity index (χ4v) is 4.85. The average Bonchev–Trinajstić information content (AvgIpc) is 3.25. The van der Waals surface area contributed by atoms with Crippen LogP contribution < -0.4 is 10.6 Å². The fraction of sp³-hybridized carbons (Fsp3) is 0.290. The Morgan fingerprint density at radius 1 is 0.872 bits per heavy atom. The summed E-state index contributed by atoms with van der Waals surface area (Å²) in [6.07, 6.45) is 0.689. The number of benzene rings is 3. The summed E-state index contributed by atoms with van der Waals surface area (Å²) in [6.45, 7) is 1.99. The normalized spacial score (nSPS) is 12.6. The molecule has 0 aromatic heterocycles. The van der Waals surface area contributed by atoms with E-state index in [4.69, 9.17) is 4.74 Å². The van der Waals surface area contributed by atoms with Crippen LogP contribution >= 0.6 is 0 Å². The molecule has 4 rings (SSSR count). The number of hydrogen-bond donors (Lipinski definition) is 3. The number of nitrogens with one attached hydrogen (secondary N) is 2. The zero-order chi connectivity index (χ0) is 27.8. The quantitative estimate of drug-likeness (QED) is 0.231. The molecule has 0 fully saturated rings. The monoisotopic (exact) mass is 528 g/mol. The van der Waals surface area contributed by atoms with Crippen molar-refractivity contribution in [2.75, 3.05) is 13.2 Å². The lowest BCUT2D eigenvalue weighted by Crippen LogP contribution is -2.41. The topological polar surface area (TPSA) is 122 Å². The second kappa shape index (κ2) is 12.9. The van der Waals surface area contributed by atoms with Gasteiger partial charge in [-0.15, -0.1) is 0 Å². The Kier molecular flexibility index (Phi) is 9.10. The van der Waals surface area contributed by atoms with Gasteiger partial charge in [-0.3, -0.25) is 9.59 Å². The third-order valence-corrected chi connectivity index (χ3v) is 6.90. The number of carboxylic acids is 1. The molecule has 1 aliphatic rings. The average molecular weight is 529 g/mol. The summed E-state index contributed by atoms with van der Waals surface area (Å²) in [7, 11) is 0. The summed E-state index contributed by atoms with van der Waals surface area (Å²) in [5.74, 6) is -1.43. The van der Waals surface area contributed by atoms with Crippen molar-refractivity contribution in [1.82, 2.24) is 10.6 Å². The maximum absolute atomic E-state index is 12.5. The number of amides is 2. The van der Waals surface area contributed by atoms with Crippen molar-refractivity contribution in [2.45, 2.75) is 44.6 Å². The minimum absolute atomic E-state index is 0.0289. The molecule has 3 aromatic carbocycles. The summed E-state index contributed by atoms with van der Waals surface area (Å²) in [4.78, 5) is 47.7. The van der Waals surface area contributed by atoms with Crippen LogP contribution in [0.4, 0.5) is 4.79 Å². The van der Waals surface area contributed by atoms with Crippen LogP contribution in [-0.2, 0) is 20.7 Å². The largest absolute Gasteiger partial charge is 0.480 e. The van der Waals surface area contributed by atoms with E-state index in [2.05, 4.69) is 10.6 Å². The van der Waals surface area contributed by atoms with E-state index in [0.29, 0.717) is 24.9 Å². The van der Waals surface area contributed by atoms with E-state index in [1.54, 1.807) is 24.3 Å². The Hall–Kier alpha value is -4.46.